The molecule has 0 saturated heterocycles. The highest BCUT2D eigenvalue weighted by Gasteiger charge is 2.30. The first-order chi connectivity index (χ1) is 9.32. The van der Waals surface area contributed by atoms with Crippen molar-refractivity contribution < 1.29 is 18.1 Å². The molecule has 0 bridgehead atoms. The lowest BCUT2D eigenvalue weighted by molar-refractivity contribution is 0.131. The van der Waals surface area contributed by atoms with E-state index in [1.165, 1.54) is 0 Å². The number of benzene rings is 1. The third kappa shape index (κ3) is 6.27. The lowest BCUT2D eigenvalue weighted by Gasteiger charge is -2.20. The molecule has 0 heterocycles. The second kappa shape index (κ2) is 8.04. The van der Waals surface area contributed by atoms with Crippen LogP contribution in [0.2, 0.25) is 5.02 Å². The third-order valence-corrected chi connectivity index (χ3v) is 3.84. The summed E-state index contributed by atoms with van der Waals surface area (Å²) in [6.45, 7) is 8.43. The van der Waals surface area contributed by atoms with Gasteiger partial charge in [0.05, 0.1) is 18.2 Å². The first-order valence-corrected chi connectivity index (χ1v) is 8.49. The lowest BCUT2D eigenvalue weighted by Crippen LogP contribution is -2.10. The van der Waals surface area contributed by atoms with Crippen molar-refractivity contribution >= 4 is 19.4 Å². The largest absolute Gasteiger partial charge is 0.530 e. The molecule has 0 spiro atoms. The molecule has 0 aliphatic carbocycles. The Kier molecular flexibility index (Phi) is 7.04. The normalized spacial score (nSPS) is 12.2. The molecule has 0 atom stereocenters. The van der Waals surface area contributed by atoms with Gasteiger partial charge >= 0.3 is 7.82 Å². The SMILES string of the molecule is CC(C)COP(=O)(OCC(C)C)Oc1ccccc1Cl. The van der Waals surface area contributed by atoms with Crippen LogP contribution in [-0.2, 0) is 13.6 Å². The molecule has 4 nitrogen and oxygen atoms in total. The Hall–Kier alpha value is -0.540. The maximum atomic E-state index is 12.6. The maximum Gasteiger partial charge on any atom is 0.530 e. The van der Waals surface area contributed by atoms with Crippen LogP contribution < -0.4 is 4.52 Å². The van der Waals surface area contributed by atoms with Gasteiger partial charge in [-0.25, -0.2) is 4.57 Å². The summed E-state index contributed by atoms with van der Waals surface area (Å²) in [4.78, 5) is 0. The first-order valence-electron chi connectivity index (χ1n) is 6.65. The zero-order chi connectivity index (χ0) is 15.2. The summed E-state index contributed by atoms with van der Waals surface area (Å²) in [6, 6.07) is 6.80. The van der Waals surface area contributed by atoms with Crippen molar-refractivity contribution in [3.8, 4) is 5.75 Å². The van der Waals surface area contributed by atoms with E-state index in [1.807, 2.05) is 27.7 Å². The van der Waals surface area contributed by atoms with E-state index in [4.69, 9.17) is 25.2 Å². The van der Waals surface area contributed by atoms with Crippen LogP contribution in [0.25, 0.3) is 0 Å². The highest BCUT2D eigenvalue weighted by atomic mass is 35.5. The van der Waals surface area contributed by atoms with Crippen molar-refractivity contribution in [2.45, 2.75) is 27.7 Å². The highest BCUT2D eigenvalue weighted by Crippen LogP contribution is 2.51. The van der Waals surface area contributed by atoms with Gasteiger partial charge in [0.1, 0.15) is 5.75 Å². The monoisotopic (exact) mass is 320 g/mol. The van der Waals surface area contributed by atoms with Gasteiger partial charge in [-0.05, 0) is 24.0 Å². The number of rotatable bonds is 8. The molecular weight excluding hydrogens is 299 g/mol. The number of phosphoric acid groups is 1. The second-order valence-electron chi connectivity index (χ2n) is 5.35. The van der Waals surface area contributed by atoms with E-state index in [1.54, 1.807) is 24.3 Å². The van der Waals surface area contributed by atoms with E-state index >= 15 is 0 Å². The van der Waals surface area contributed by atoms with E-state index in [9.17, 15) is 4.57 Å². The first kappa shape index (κ1) is 17.5. The predicted octanol–water partition coefficient (Wildman–Crippen LogP) is 5.17. The fraction of sp³-hybridized carbons (Fsp3) is 0.571. The van der Waals surface area contributed by atoms with E-state index in [0.29, 0.717) is 24.0 Å². The molecule has 0 aliphatic rings. The zero-order valence-electron chi connectivity index (χ0n) is 12.3. The number of para-hydroxylation sites is 1. The summed E-state index contributed by atoms with van der Waals surface area (Å²) in [5.74, 6) is 0.742. The second-order valence-corrected chi connectivity index (χ2v) is 7.35. The Bertz CT molecular complexity index is 446. The third-order valence-electron chi connectivity index (χ3n) is 2.18. The summed E-state index contributed by atoms with van der Waals surface area (Å²) < 4.78 is 28.7. The molecule has 0 N–H and O–H groups in total. The Morgan fingerprint density at radius 3 is 2.00 bits per heavy atom. The summed E-state index contributed by atoms with van der Waals surface area (Å²) in [7, 11) is -3.66. The van der Waals surface area contributed by atoms with Gasteiger partial charge in [-0.1, -0.05) is 51.4 Å². The Morgan fingerprint density at radius 1 is 1.05 bits per heavy atom. The van der Waals surface area contributed by atoms with Crippen LogP contribution in [0.1, 0.15) is 27.7 Å². The van der Waals surface area contributed by atoms with Gasteiger partial charge in [0.2, 0.25) is 0 Å². The molecular formula is C14H22ClO4P. The quantitative estimate of drug-likeness (QED) is 0.620. The minimum atomic E-state index is -3.66. The van der Waals surface area contributed by atoms with Crippen LogP contribution >= 0.6 is 19.4 Å². The molecule has 0 saturated carbocycles. The topological polar surface area (TPSA) is 44.8 Å². The Balaban J connectivity index is 2.81. The lowest BCUT2D eigenvalue weighted by atomic mass is 10.2. The van der Waals surface area contributed by atoms with Gasteiger partial charge in [-0.15, -0.1) is 0 Å². The average molecular weight is 321 g/mol. The molecule has 0 unspecified atom stereocenters. The van der Waals surface area contributed by atoms with Gasteiger partial charge in [-0.3, -0.25) is 9.05 Å². The molecule has 114 valence electrons. The molecule has 0 radical (unpaired) electrons. The minimum Gasteiger partial charge on any atom is -0.402 e. The summed E-state index contributed by atoms with van der Waals surface area (Å²) in [5, 5.41) is 0.369. The number of hydrogen-bond donors (Lipinski definition) is 0. The molecule has 0 aliphatic heterocycles. The van der Waals surface area contributed by atoms with Gasteiger partial charge in [0.25, 0.3) is 0 Å². The Labute approximate surface area is 126 Å². The van der Waals surface area contributed by atoms with Crippen LogP contribution in [-0.4, -0.2) is 13.2 Å². The molecule has 1 aromatic rings. The van der Waals surface area contributed by atoms with E-state index < -0.39 is 7.82 Å². The van der Waals surface area contributed by atoms with E-state index in [2.05, 4.69) is 0 Å². The van der Waals surface area contributed by atoms with Crippen LogP contribution in [0.3, 0.4) is 0 Å². The number of hydrogen-bond acceptors (Lipinski definition) is 4. The van der Waals surface area contributed by atoms with Crippen molar-refractivity contribution in [1.82, 2.24) is 0 Å². The van der Waals surface area contributed by atoms with Gasteiger partial charge in [-0.2, -0.15) is 0 Å². The summed E-state index contributed by atoms with van der Waals surface area (Å²) >= 11 is 6.00. The van der Waals surface area contributed by atoms with Gasteiger partial charge in [0.15, 0.2) is 0 Å². The molecule has 0 amide bonds. The minimum absolute atomic E-state index is 0.223. The van der Waals surface area contributed by atoms with Crippen LogP contribution in [0.5, 0.6) is 5.75 Å². The van der Waals surface area contributed by atoms with Crippen molar-refractivity contribution in [1.29, 1.82) is 0 Å². The van der Waals surface area contributed by atoms with Gasteiger partial charge in [0, 0.05) is 0 Å². The molecule has 20 heavy (non-hydrogen) atoms. The molecule has 0 fully saturated rings. The maximum absolute atomic E-state index is 12.6. The summed E-state index contributed by atoms with van der Waals surface area (Å²) in [6.07, 6.45) is 0. The molecule has 1 rings (SSSR count). The van der Waals surface area contributed by atoms with Crippen LogP contribution in [0.15, 0.2) is 24.3 Å². The van der Waals surface area contributed by atoms with Crippen LogP contribution in [0.4, 0.5) is 0 Å². The van der Waals surface area contributed by atoms with Crippen molar-refractivity contribution in [2.75, 3.05) is 13.2 Å². The van der Waals surface area contributed by atoms with Crippen molar-refractivity contribution in [3.05, 3.63) is 29.3 Å². The summed E-state index contributed by atoms with van der Waals surface area (Å²) in [5.41, 5.74) is 0. The zero-order valence-corrected chi connectivity index (χ0v) is 14.0. The van der Waals surface area contributed by atoms with E-state index in [-0.39, 0.29) is 11.8 Å². The Morgan fingerprint density at radius 2 is 1.55 bits per heavy atom. The average Bonchev–Trinajstić information content (AvgIpc) is 2.37. The number of phosphoric ester groups is 1. The highest BCUT2D eigenvalue weighted by molar-refractivity contribution is 7.48. The predicted molar refractivity (Wildman–Crippen MR) is 81.3 cm³/mol. The van der Waals surface area contributed by atoms with Crippen molar-refractivity contribution in [3.63, 3.8) is 0 Å². The van der Waals surface area contributed by atoms with Gasteiger partial charge < -0.3 is 4.52 Å². The molecule has 0 aromatic heterocycles. The smallest absolute Gasteiger partial charge is 0.402 e. The van der Waals surface area contributed by atoms with E-state index in [0.717, 1.165) is 0 Å². The van der Waals surface area contributed by atoms with Crippen molar-refractivity contribution in [2.24, 2.45) is 11.8 Å². The molecule has 1 aromatic carbocycles. The van der Waals surface area contributed by atoms with Crippen LogP contribution in [0, 0.1) is 11.8 Å². The fourth-order valence-corrected chi connectivity index (χ4v) is 2.98. The number of halogens is 1. The fourth-order valence-electron chi connectivity index (χ4n) is 1.21. The molecule has 6 heteroatoms. The standard InChI is InChI=1S/C14H22ClO4P/c1-11(2)9-17-20(16,18-10-12(3)4)19-14-8-6-5-7-13(14)15/h5-8,11-12H,9-10H2,1-4H3.